The Balaban J connectivity index is 2.07. The van der Waals surface area contributed by atoms with Crippen molar-refractivity contribution >= 4 is 23.2 Å². The van der Waals surface area contributed by atoms with E-state index < -0.39 is 0 Å². The van der Waals surface area contributed by atoms with Crippen LogP contribution in [0, 0.1) is 5.92 Å². The maximum atomic E-state index is 12.8. The number of rotatable bonds is 5. The third kappa shape index (κ3) is 4.09. The Morgan fingerprint density at radius 1 is 1.42 bits per heavy atom. The lowest BCUT2D eigenvalue weighted by molar-refractivity contribution is -0.132. The molecule has 6 heteroatoms. The smallest absolute Gasteiger partial charge is 0.241 e. The van der Waals surface area contributed by atoms with Crippen molar-refractivity contribution in [1.29, 1.82) is 0 Å². The fourth-order valence-corrected chi connectivity index (χ4v) is 4.14. The van der Waals surface area contributed by atoms with Crippen molar-refractivity contribution in [2.75, 3.05) is 19.6 Å². The normalized spacial score (nSPS) is 23.4. The molecule has 2 fully saturated rings. The van der Waals surface area contributed by atoms with Gasteiger partial charge in [0.15, 0.2) is 5.11 Å². The molecule has 0 saturated carbocycles. The van der Waals surface area contributed by atoms with Crippen molar-refractivity contribution in [3.05, 3.63) is 12.7 Å². The van der Waals surface area contributed by atoms with E-state index >= 15 is 0 Å². The van der Waals surface area contributed by atoms with Gasteiger partial charge >= 0.3 is 0 Å². The van der Waals surface area contributed by atoms with E-state index in [1.54, 1.807) is 0 Å². The van der Waals surface area contributed by atoms with Gasteiger partial charge in [-0.25, -0.2) is 0 Å². The van der Waals surface area contributed by atoms with Crippen LogP contribution in [0.25, 0.3) is 0 Å². The Hall–Kier alpha value is -1.14. The van der Waals surface area contributed by atoms with Crippen molar-refractivity contribution < 1.29 is 4.79 Å². The van der Waals surface area contributed by atoms with E-state index in [1.165, 1.54) is 0 Å². The standard InChI is InChI=1S/C18H32N4OS/c1-6-9-22-16(23)15(12-13(2)3)20-18(22)7-10-21(11-8-18)17(24)19-14(4)5/h6,13-15,20H,1,7-12H2,2-5H3,(H,19,24)/t15-/m0/s1. The fourth-order valence-electron chi connectivity index (χ4n) is 3.72. The quantitative estimate of drug-likeness (QED) is 0.586. The lowest BCUT2D eigenvalue weighted by atomic mass is 9.96. The van der Waals surface area contributed by atoms with Crippen molar-refractivity contribution in [3.63, 3.8) is 0 Å². The number of nitrogens with one attached hydrogen (secondary N) is 2. The van der Waals surface area contributed by atoms with E-state index in [2.05, 4.69) is 49.8 Å². The monoisotopic (exact) mass is 352 g/mol. The Labute approximate surface area is 151 Å². The van der Waals surface area contributed by atoms with Crippen LogP contribution in [0.15, 0.2) is 12.7 Å². The number of carbonyl (C=O) groups is 1. The van der Waals surface area contributed by atoms with E-state index in [4.69, 9.17) is 12.2 Å². The minimum atomic E-state index is -0.241. The molecule has 2 rings (SSSR count). The Morgan fingerprint density at radius 2 is 2.04 bits per heavy atom. The van der Waals surface area contributed by atoms with Crippen LogP contribution in [0.4, 0.5) is 0 Å². The van der Waals surface area contributed by atoms with Crippen LogP contribution in [0.3, 0.4) is 0 Å². The molecule has 0 aromatic rings. The third-order valence-corrected chi connectivity index (χ3v) is 5.21. The molecule has 2 aliphatic heterocycles. The van der Waals surface area contributed by atoms with Crippen LogP contribution in [0.2, 0.25) is 0 Å². The van der Waals surface area contributed by atoms with Crippen molar-refractivity contribution in [1.82, 2.24) is 20.4 Å². The minimum absolute atomic E-state index is 0.0720. The first-order valence-corrected chi connectivity index (χ1v) is 9.45. The molecule has 1 atom stereocenters. The van der Waals surface area contributed by atoms with Gasteiger partial charge in [0.05, 0.1) is 11.7 Å². The van der Waals surface area contributed by atoms with Crippen LogP contribution in [0.5, 0.6) is 0 Å². The SMILES string of the molecule is C=CCN1C(=O)[C@H](CC(C)C)NC12CCN(C(=S)NC(C)C)CC2. The fraction of sp³-hybridized carbons (Fsp3) is 0.778. The van der Waals surface area contributed by atoms with Gasteiger partial charge in [0.25, 0.3) is 0 Å². The molecule has 24 heavy (non-hydrogen) atoms. The predicted octanol–water partition coefficient (Wildman–Crippen LogP) is 2.09. The van der Waals surface area contributed by atoms with Crippen molar-refractivity contribution in [2.45, 2.75) is 64.7 Å². The highest BCUT2D eigenvalue weighted by atomic mass is 32.1. The summed E-state index contributed by atoms with van der Waals surface area (Å²) in [6.45, 7) is 14.7. The summed E-state index contributed by atoms with van der Waals surface area (Å²) in [6.07, 6.45) is 4.49. The van der Waals surface area contributed by atoms with E-state index in [0.29, 0.717) is 18.5 Å². The largest absolute Gasteiger partial charge is 0.360 e. The molecule has 2 aliphatic rings. The second-order valence-corrected chi connectivity index (χ2v) is 8.07. The number of hydrogen-bond donors (Lipinski definition) is 2. The molecule has 2 saturated heterocycles. The van der Waals surface area contributed by atoms with Crippen LogP contribution >= 0.6 is 12.2 Å². The van der Waals surface area contributed by atoms with Gasteiger partial charge in [-0.3, -0.25) is 10.1 Å². The lowest BCUT2D eigenvalue weighted by Crippen LogP contribution is -2.60. The molecule has 2 heterocycles. The summed E-state index contributed by atoms with van der Waals surface area (Å²) in [4.78, 5) is 17.0. The summed E-state index contributed by atoms with van der Waals surface area (Å²) in [5.41, 5.74) is -0.241. The zero-order valence-corrected chi connectivity index (χ0v) is 16.3. The number of carbonyl (C=O) groups excluding carboxylic acids is 1. The number of hydrogen-bond acceptors (Lipinski definition) is 3. The number of thiocarbonyl (C=S) groups is 1. The van der Waals surface area contributed by atoms with Crippen LogP contribution < -0.4 is 10.6 Å². The third-order valence-electron chi connectivity index (χ3n) is 4.83. The Bertz CT molecular complexity index is 483. The summed E-state index contributed by atoms with van der Waals surface area (Å²) in [7, 11) is 0. The molecule has 0 bridgehead atoms. The molecule has 0 unspecified atom stereocenters. The highest BCUT2D eigenvalue weighted by molar-refractivity contribution is 7.80. The van der Waals surface area contributed by atoms with E-state index in [0.717, 1.165) is 37.5 Å². The second kappa shape index (κ2) is 7.83. The van der Waals surface area contributed by atoms with Crippen molar-refractivity contribution in [2.24, 2.45) is 5.92 Å². The number of amides is 1. The van der Waals surface area contributed by atoms with E-state index in [1.807, 2.05) is 11.0 Å². The predicted molar refractivity (Wildman–Crippen MR) is 103 cm³/mol. The summed E-state index contributed by atoms with van der Waals surface area (Å²) in [5, 5.41) is 7.79. The van der Waals surface area contributed by atoms with Gasteiger partial charge in [-0.05, 0) is 38.4 Å². The van der Waals surface area contributed by atoms with Gasteiger partial charge in [-0.2, -0.15) is 0 Å². The molecule has 1 spiro atoms. The second-order valence-electron chi connectivity index (χ2n) is 7.69. The van der Waals surface area contributed by atoms with Crippen LogP contribution in [-0.4, -0.2) is 58.2 Å². The number of piperidine rings is 1. The molecular formula is C18H32N4OS. The zero-order chi connectivity index (χ0) is 17.9. The van der Waals surface area contributed by atoms with Gasteiger partial charge in [0, 0.05) is 38.5 Å². The summed E-state index contributed by atoms with van der Waals surface area (Å²) in [5.74, 6) is 0.718. The Morgan fingerprint density at radius 3 is 2.54 bits per heavy atom. The number of likely N-dealkylation sites (tertiary alicyclic amines) is 1. The molecule has 0 aliphatic carbocycles. The first-order chi connectivity index (χ1) is 11.3. The molecule has 2 N–H and O–H groups in total. The topological polar surface area (TPSA) is 47.6 Å². The molecule has 0 aromatic heterocycles. The average Bonchev–Trinajstić information content (AvgIpc) is 2.72. The van der Waals surface area contributed by atoms with E-state index in [9.17, 15) is 4.79 Å². The van der Waals surface area contributed by atoms with Crippen molar-refractivity contribution in [3.8, 4) is 0 Å². The summed E-state index contributed by atoms with van der Waals surface area (Å²) >= 11 is 5.50. The molecule has 5 nitrogen and oxygen atoms in total. The lowest BCUT2D eigenvalue weighted by Gasteiger charge is -2.45. The molecule has 1 amide bonds. The first-order valence-electron chi connectivity index (χ1n) is 9.04. The zero-order valence-electron chi connectivity index (χ0n) is 15.5. The minimum Gasteiger partial charge on any atom is -0.360 e. The molecule has 136 valence electrons. The van der Waals surface area contributed by atoms with Gasteiger partial charge < -0.3 is 15.1 Å². The molecule has 0 aromatic carbocycles. The Kier molecular flexibility index (Phi) is 6.26. The van der Waals surface area contributed by atoms with Gasteiger partial charge in [-0.15, -0.1) is 6.58 Å². The summed E-state index contributed by atoms with van der Waals surface area (Å²) < 4.78 is 0. The highest BCUT2D eigenvalue weighted by Gasteiger charge is 2.51. The van der Waals surface area contributed by atoms with Gasteiger partial charge in [0.2, 0.25) is 5.91 Å². The summed E-state index contributed by atoms with van der Waals surface area (Å²) in [6, 6.07) is 0.268. The van der Waals surface area contributed by atoms with Gasteiger partial charge in [-0.1, -0.05) is 19.9 Å². The van der Waals surface area contributed by atoms with Gasteiger partial charge in [0.1, 0.15) is 0 Å². The number of nitrogens with zero attached hydrogens (tertiary/aromatic N) is 2. The average molecular weight is 353 g/mol. The highest BCUT2D eigenvalue weighted by Crippen LogP contribution is 2.33. The maximum Gasteiger partial charge on any atom is 0.241 e. The molecule has 0 radical (unpaired) electrons. The first kappa shape index (κ1) is 19.2. The molecular weight excluding hydrogens is 320 g/mol. The maximum absolute atomic E-state index is 12.8. The van der Waals surface area contributed by atoms with Crippen LogP contribution in [-0.2, 0) is 4.79 Å². The van der Waals surface area contributed by atoms with E-state index in [-0.39, 0.29) is 17.6 Å². The van der Waals surface area contributed by atoms with Crippen LogP contribution in [0.1, 0.15) is 47.0 Å².